The summed E-state index contributed by atoms with van der Waals surface area (Å²) >= 11 is 5.51. The zero-order valence-electron chi connectivity index (χ0n) is 18.4. The van der Waals surface area contributed by atoms with Crippen LogP contribution in [0.1, 0.15) is 28.8 Å². The van der Waals surface area contributed by atoms with E-state index in [-0.39, 0.29) is 17.7 Å². The van der Waals surface area contributed by atoms with Gasteiger partial charge in [0.15, 0.2) is 11.5 Å². The molecule has 0 unspecified atom stereocenters. The number of imidazole rings is 1. The number of carbonyl (C=O) groups excluding carboxylic acids is 2. The fourth-order valence-electron chi connectivity index (χ4n) is 3.66. The van der Waals surface area contributed by atoms with Crippen molar-refractivity contribution in [3.63, 3.8) is 0 Å². The Labute approximate surface area is 205 Å². The number of hydrogen-bond acceptors (Lipinski definition) is 6. The highest BCUT2D eigenvalue weighted by molar-refractivity contribution is 6.29. The summed E-state index contributed by atoms with van der Waals surface area (Å²) in [5.74, 6) is 0.287. The van der Waals surface area contributed by atoms with Gasteiger partial charge in [0.05, 0.1) is 17.7 Å². The Kier molecular flexibility index (Phi) is 5.81. The first-order valence-electron chi connectivity index (χ1n) is 10.8. The normalized spacial score (nSPS) is 13.6. The topological polar surface area (TPSA) is 121 Å². The minimum atomic E-state index is -0.455. The van der Waals surface area contributed by atoms with Crippen molar-refractivity contribution in [3.8, 4) is 17.7 Å². The van der Waals surface area contributed by atoms with Crippen LogP contribution in [-0.4, -0.2) is 32.3 Å². The van der Waals surface area contributed by atoms with Crippen LogP contribution in [0.5, 0.6) is 11.6 Å². The number of halogens is 1. The summed E-state index contributed by atoms with van der Waals surface area (Å²) in [6, 6.07) is 19.8. The molecular formula is C25H19ClN6O3. The Morgan fingerprint density at radius 2 is 1.94 bits per heavy atom. The van der Waals surface area contributed by atoms with E-state index in [1.807, 2.05) is 6.07 Å². The zero-order chi connectivity index (χ0) is 24.4. The number of nitriles is 1. The average Bonchev–Trinajstić information content (AvgIpc) is 3.58. The maximum atomic E-state index is 12.8. The largest absolute Gasteiger partial charge is 0.438 e. The smallest absolute Gasteiger partial charge is 0.255 e. The zero-order valence-corrected chi connectivity index (χ0v) is 19.1. The fraction of sp³-hybridized carbons (Fsp3) is 0.160. The third kappa shape index (κ3) is 4.78. The Morgan fingerprint density at radius 1 is 1.11 bits per heavy atom. The number of nitrogens with zero attached hydrogens (tertiary/aromatic N) is 4. The van der Waals surface area contributed by atoms with Crippen LogP contribution >= 0.6 is 11.6 Å². The number of nitrogens with one attached hydrogen (secondary N) is 2. The molecule has 0 bridgehead atoms. The summed E-state index contributed by atoms with van der Waals surface area (Å²) in [5, 5.41) is 19.2. The van der Waals surface area contributed by atoms with Crippen LogP contribution in [-0.2, 0) is 10.2 Å². The molecule has 1 saturated carbocycles. The average molecular weight is 487 g/mol. The minimum Gasteiger partial charge on any atom is -0.438 e. The molecule has 2 heterocycles. The van der Waals surface area contributed by atoms with Gasteiger partial charge in [-0.1, -0.05) is 18.2 Å². The maximum absolute atomic E-state index is 12.8. The Balaban J connectivity index is 1.29. The molecule has 1 aliphatic carbocycles. The lowest BCUT2D eigenvalue weighted by Gasteiger charge is -2.11. The molecule has 5 rings (SSSR count). The highest BCUT2D eigenvalue weighted by Crippen LogP contribution is 2.47. The molecule has 35 heavy (non-hydrogen) atoms. The summed E-state index contributed by atoms with van der Waals surface area (Å²) in [6.45, 7) is 0. The highest BCUT2D eigenvalue weighted by Gasteiger charge is 2.45. The molecule has 1 fully saturated rings. The van der Waals surface area contributed by atoms with Crippen molar-refractivity contribution in [1.29, 1.82) is 5.26 Å². The van der Waals surface area contributed by atoms with Gasteiger partial charge in [0.25, 0.3) is 5.91 Å². The van der Waals surface area contributed by atoms with Crippen LogP contribution < -0.4 is 15.4 Å². The molecule has 9 nitrogen and oxygen atoms in total. The Morgan fingerprint density at radius 3 is 2.71 bits per heavy atom. The number of rotatable bonds is 7. The van der Waals surface area contributed by atoms with E-state index in [0.717, 1.165) is 18.4 Å². The number of anilines is 2. The molecule has 4 aromatic rings. The summed E-state index contributed by atoms with van der Waals surface area (Å²) < 4.78 is 7.33. The van der Waals surface area contributed by atoms with Crippen molar-refractivity contribution >= 4 is 40.6 Å². The van der Waals surface area contributed by atoms with Crippen LogP contribution in [0, 0.1) is 11.3 Å². The van der Waals surface area contributed by atoms with Crippen molar-refractivity contribution in [2.75, 3.05) is 16.5 Å². The lowest BCUT2D eigenvalue weighted by molar-refractivity contribution is -0.113. The van der Waals surface area contributed by atoms with Gasteiger partial charge in [-0.2, -0.15) is 5.26 Å². The van der Waals surface area contributed by atoms with E-state index in [9.17, 15) is 14.9 Å². The Bertz CT molecular complexity index is 1490. The first kappa shape index (κ1) is 22.4. The summed E-state index contributed by atoms with van der Waals surface area (Å²) in [6.07, 6.45) is 3.18. The number of benzene rings is 2. The number of ether oxygens (including phenoxy) is 1. The minimum absolute atomic E-state index is 0.172. The summed E-state index contributed by atoms with van der Waals surface area (Å²) in [5.41, 5.74) is 1.98. The van der Waals surface area contributed by atoms with Gasteiger partial charge in [-0.05, 0) is 48.7 Å². The SMILES string of the molecule is N#CC1(c2cccc(C(=O)Nc3cccc(Oc4ccc5nc(NC(=O)CCl)cn5n4)c3)c2)CC1. The van der Waals surface area contributed by atoms with Gasteiger partial charge in [0, 0.05) is 23.4 Å². The van der Waals surface area contributed by atoms with Crippen molar-refractivity contribution in [2.45, 2.75) is 18.3 Å². The van der Waals surface area contributed by atoms with E-state index in [1.54, 1.807) is 60.8 Å². The van der Waals surface area contributed by atoms with Gasteiger partial charge in [-0.3, -0.25) is 9.59 Å². The van der Waals surface area contributed by atoms with Crippen LogP contribution in [0.15, 0.2) is 66.9 Å². The molecule has 0 radical (unpaired) electrons. The molecule has 0 spiro atoms. The molecule has 2 N–H and O–H groups in total. The van der Waals surface area contributed by atoms with E-state index in [1.165, 1.54) is 4.52 Å². The maximum Gasteiger partial charge on any atom is 0.255 e. The molecule has 174 valence electrons. The third-order valence-electron chi connectivity index (χ3n) is 5.64. The van der Waals surface area contributed by atoms with Crippen molar-refractivity contribution in [2.24, 2.45) is 0 Å². The molecule has 2 aromatic carbocycles. The molecule has 1 aliphatic rings. The Hall–Kier alpha value is -4.42. The van der Waals surface area contributed by atoms with E-state index in [4.69, 9.17) is 16.3 Å². The quantitative estimate of drug-likeness (QED) is 0.371. The van der Waals surface area contributed by atoms with Crippen molar-refractivity contribution < 1.29 is 14.3 Å². The highest BCUT2D eigenvalue weighted by atomic mass is 35.5. The van der Waals surface area contributed by atoms with E-state index in [0.29, 0.717) is 34.3 Å². The van der Waals surface area contributed by atoms with E-state index < -0.39 is 5.41 Å². The van der Waals surface area contributed by atoms with Crippen molar-refractivity contribution in [1.82, 2.24) is 14.6 Å². The number of alkyl halides is 1. The van der Waals surface area contributed by atoms with Gasteiger partial charge in [-0.25, -0.2) is 9.50 Å². The molecule has 0 aliphatic heterocycles. The number of amides is 2. The van der Waals surface area contributed by atoms with Crippen LogP contribution in [0.4, 0.5) is 11.5 Å². The van der Waals surface area contributed by atoms with Crippen LogP contribution in [0.25, 0.3) is 5.65 Å². The second-order valence-electron chi connectivity index (χ2n) is 8.14. The van der Waals surface area contributed by atoms with E-state index >= 15 is 0 Å². The van der Waals surface area contributed by atoms with Gasteiger partial charge in [0.2, 0.25) is 11.8 Å². The number of carbonyl (C=O) groups is 2. The summed E-state index contributed by atoms with van der Waals surface area (Å²) in [7, 11) is 0. The molecule has 2 aromatic heterocycles. The molecule has 2 amide bonds. The molecular weight excluding hydrogens is 468 g/mol. The van der Waals surface area contributed by atoms with Gasteiger partial charge >= 0.3 is 0 Å². The predicted molar refractivity (Wildman–Crippen MR) is 130 cm³/mol. The lowest BCUT2D eigenvalue weighted by Crippen LogP contribution is -2.13. The van der Waals surface area contributed by atoms with Gasteiger partial charge in [0.1, 0.15) is 11.6 Å². The standard InChI is InChI=1S/C25H19ClN6O3/c26-13-22(33)30-20-14-32-21(29-20)7-8-23(31-32)35-19-6-2-5-18(12-19)28-24(34)16-3-1-4-17(11-16)25(15-27)9-10-25/h1-8,11-12,14H,9-10,13H2,(H,28,34)(H,30,33). The van der Waals surface area contributed by atoms with Crippen molar-refractivity contribution in [3.05, 3.63) is 78.0 Å². The third-order valence-corrected chi connectivity index (χ3v) is 5.88. The molecule has 0 saturated heterocycles. The second kappa shape index (κ2) is 9.08. The number of hydrogen-bond donors (Lipinski definition) is 2. The fourth-order valence-corrected chi connectivity index (χ4v) is 3.73. The first-order valence-corrected chi connectivity index (χ1v) is 11.3. The molecule has 0 atom stereocenters. The van der Waals surface area contributed by atoms with Gasteiger partial charge in [-0.15, -0.1) is 16.7 Å². The van der Waals surface area contributed by atoms with Crippen LogP contribution in [0.3, 0.4) is 0 Å². The lowest BCUT2D eigenvalue weighted by atomic mass is 9.96. The van der Waals surface area contributed by atoms with Gasteiger partial charge < -0.3 is 15.4 Å². The number of fused-ring (bicyclic) bond motifs is 1. The van der Waals surface area contributed by atoms with E-state index in [2.05, 4.69) is 26.8 Å². The summed E-state index contributed by atoms with van der Waals surface area (Å²) in [4.78, 5) is 28.5. The predicted octanol–water partition coefficient (Wildman–Crippen LogP) is 4.51. The monoisotopic (exact) mass is 486 g/mol. The molecule has 10 heteroatoms. The first-order chi connectivity index (χ1) is 17.0. The number of aromatic nitrogens is 3. The second-order valence-corrected chi connectivity index (χ2v) is 8.41. The van der Waals surface area contributed by atoms with Crippen LogP contribution in [0.2, 0.25) is 0 Å².